The van der Waals surface area contributed by atoms with E-state index in [2.05, 4.69) is 11.9 Å². The average molecular weight is 277 g/mol. The SMILES string of the molecule is C=CC[C@H](N[C@@H](C)C(=O)OCc1ccccc1)C(=O)O. The van der Waals surface area contributed by atoms with Gasteiger partial charge in [-0.25, -0.2) is 0 Å². The van der Waals surface area contributed by atoms with E-state index in [1.54, 1.807) is 6.92 Å². The minimum atomic E-state index is -1.02. The van der Waals surface area contributed by atoms with Crippen LogP contribution >= 0.6 is 0 Å². The number of hydrogen-bond acceptors (Lipinski definition) is 4. The van der Waals surface area contributed by atoms with Gasteiger partial charge in [-0.15, -0.1) is 6.58 Å². The second-order valence-corrected chi connectivity index (χ2v) is 4.40. The number of benzene rings is 1. The largest absolute Gasteiger partial charge is 0.480 e. The second-order valence-electron chi connectivity index (χ2n) is 4.40. The van der Waals surface area contributed by atoms with E-state index in [9.17, 15) is 9.59 Å². The Morgan fingerprint density at radius 2 is 2.05 bits per heavy atom. The van der Waals surface area contributed by atoms with Crippen molar-refractivity contribution in [3.8, 4) is 0 Å². The van der Waals surface area contributed by atoms with Crippen molar-refractivity contribution >= 4 is 11.9 Å². The maximum absolute atomic E-state index is 11.8. The molecule has 0 spiro atoms. The Labute approximate surface area is 118 Å². The number of carboxylic acids is 1. The third kappa shape index (κ3) is 5.24. The number of carboxylic acid groups (broad SMARTS) is 1. The predicted molar refractivity (Wildman–Crippen MR) is 75.1 cm³/mol. The Hall–Kier alpha value is -2.14. The molecular weight excluding hydrogens is 258 g/mol. The van der Waals surface area contributed by atoms with Crippen molar-refractivity contribution in [3.63, 3.8) is 0 Å². The number of rotatable bonds is 8. The summed E-state index contributed by atoms with van der Waals surface area (Å²) < 4.78 is 5.13. The third-order valence-electron chi connectivity index (χ3n) is 2.73. The van der Waals surface area contributed by atoms with Gasteiger partial charge >= 0.3 is 11.9 Å². The van der Waals surface area contributed by atoms with Gasteiger partial charge in [0.1, 0.15) is 18.7 Å². The molecule has 2 atom stereocenters. The van der Waals surface area contributed by atoms with Gasteiger partial charge in [0.25, 0.3) is 0 Å². The van der Waals surface area contributed by atoms with Gasteiger partial charge in [0, 0.05) is 0 Å². The highest BCUT2D eigenvalue weighted by atomic mass is 16.5. The van der Waals surface area contributed by atoms with Crippen LogP contribution in [0.15, 0.2) is 43.0 Å². The van der Waals surface area contributed by atoms with Crippen molar-refractivity contribution in [2.24, 2.45) is 0 Å². The lowest BCUT2D eigenvalue weighted by molar-refractivity contribution is -0.148. The highest BCUT2D eigenvalue weighted by Crippen LogP contribution is 2.03. The molecule has 0 aliphatic carbocycles. The molecular formula is C15H19NO4. The molecule has 2 N–H and O–H groups in total. The molecule has 5 nitrogen and oxygen atoms in total. The Morgan fingerprint density at radius 1 is 1.40 bits per heavy atom. The first-order valence-electron chi connectivity index (χ1n) is 6.35. The molecule has 108 valence electrons. The van der Waals surface area contributed by atoms with Crippen LogP contribution in [-0.2, 0) is 20.9 Å². The molecule has 0 aromatic heterocycles. The normalized spacial score (nSPS) is 13.2. The number of carbonyl (C=O) groups excluding carboxylic acids is 1. The lowest BCUT2D eigenvalue weighted by atomic mass is 10.2. The zero-order chi connectivity index (χ0) is 15.0. The van der Waals surface area contributed by atoms with Crippen molar-refractivity contribution in [1.82, 2.24) is 5.32 Å². The smallest absolute Gasteiger partial charge is 0.323 e. The first-order valence-corrected chi connectivity index (χ1v) is 6.35. The van der Waals surface area contributed by atoms with Gasteiger partial charge in [0.2, 0.25) is 0 Å². The highest BCUT2D eigenvalue weighted by Gasteiger charge is 2.22. The van der Waals surface area contributed by atoms with Gasteiger partial charge < -0.3 is 9.84 Å². The molecule has 0 fully saturated rings. The molecule has 0 aliphatic heterocycles. The van der Waals surface area contributed by atoms with Crippen molar-refractivity contribution < 1.29 is 19.4 Å². The maximum Gasteiger partial charge on any atom is 0.323 e. The van der Waals surface area contributed by atoms with Gasteiger partial charge in [0.15, 0.2) is 0 Å². The van der Waals surface area contributed by atoms with E-state index < -0.39 is 24.0 Å². The molecule has 1 aromatic rings. The number of esters is 1. The number of carbonyl (C=O) groups is 2. The molecule has 0 saturated carbocycles. The number of aliphatic carboxylic acids is 1. The van der Waals surface area contributed by atoms with Crippen LogP contribution in [0.1, 0.15) is 18.9 Å². The standard InChI is InChI=1S/C15H19NO4/c1-3-7-13(14(17)18)16-11(2)15(19)20-10-12-8-5-4-6-9-12/h3-6,8-9,11,13,16H,1,7,10H2,2H3,(H,17,18)/t11-,13-/m0/s1. The third-order valence-corrected chi connectivity index (χ3v) is 2.73. The van der Waals surface area contributed by atoms with Crippen LogP contribution in [0.5, 0.6) is 0 Å². The monoisotopic (exact) mass is 277 g/mol. The molecule has 0 radical (unpaired) electrons. The van der Waals surface area contributed by atoms with E-state index in [1.807, 2.05) is 30.3 Å². The van der Waals surface area contributed by atoms with Gasteiger partial charge in [-0.2, -0.15) is 0 Å². The highest BCUT2D eigenvalue weighted by molar-refractivity contribution is 5.78. The van der Waals surface area contributed by atoms with Gasteiger partial charge in [0.05, 0.1) is 0 Å². The Bertz CT molecular complexity index is 458. The molecule has 0 bridgehead atoms. The van der Waals surface area contributed by atoms with E-state index >= 15 is 0 Å². The maximum atomic E-state index is 11.8. The summed E-state index contributed by atoms with van der Waals surface area (Å²) >= 11 is 0. The van der Waals surface area contributed by atoms with Crippen LogP contribution in [0.4, 0.5) is 0 Å². The van der Waals surface area contributed by atoms with Crippen LogP contribution in [0.25, 0.3) is 0 Å². The minimum absolute atomic E-state index is 0.172. The van der Waals surface area contributed by atoms with E-state index in [0.29, 0.717) is 0 Å². The Kier molecular flexibility index (Phi) is 6.46. The molecule has 0 amide bonds. The molecule has 5 heteroatoms. The van der Waals surface area contributed by atoms with Crippen LogP contribution in [0.2, 0.25) is 0 Å². The fourth-order valence-electron chi connectivity index (χ4n) is 1.63. The molecule has 0 unspecified atom stereocenters. The lowest BCUT2D eigenvalue weighted by Crippen LogP contribution is -2.45. The predicted octanol–water partition coefficient (Wildman–Crippen LogP) is 1.74. The summed E-state index contributed by atoms with van der Waals surface area (Å²) in [6.45, 7) is 5.24. The van der Waals surface area contributed by atoms with Gasteiger partial charge in [-0.05, 0) is 18.9 Å². The molecule has 0 aliphatic rings. The molecule has 1 rings (SSSR count). The zero-order valence-corrected chi connectivity index (χ0v) is 11.4. The summed E-state index contributed by atoms with van der Waals surface area (Å²) in [6, 6.07) is 7.76. The molecule has 20 heavy (non-hydrogen) atoms. The summed E-state index contributed by atoms with van der Waals surface area (Å²) in [4.78, 5) is 22.7. The van der Waals surface area contributed by atoms with Gasteiger partial charge in [-0.1, -0.05) is 36.4 Å². The first kappa shape index (κ1) is 15.9. The summed E-state index contributed by atoms with van der Waals surface area (Å²) in [5.74, 6) is -1.50. The van der Waals surface area contributed by atoms with Crippen LogP contribution in [0, 0.1) is 0 Å². The quantitative estimate of drug-likeness (QED) is 0.559. The Balaban J connectivity index is 2.46. The van der Waals surface area contributed by atoms with Crippen molar-refractivity contribution in [2.75, 3.05) is 0 Å². The minimum Gasteiger partial charge on any atom is -0.480 e. The van der Waals surface area contributed by atoms with Crippen LogP contribution < -0.4 is 5.32 Å². The zero-order valence-electron chi connectivity index (χ0n) is 11.4. The number of hydrogen-bond donors (Lipinski definition) is 2. The average Bonchev–Trinajstić information content (AvgIpc) is 2.45. The Morgan fingerprint density at radius 3 is 2.60 bits per heavy atom. The molecule has 0 heterocycles. The molecule has 0 saturated heterocycles. The summed E-state index contributed by atoms with van der Waals surface area (Å²) in [5, 5.41) is 11.7. The van der Waals surface area contributed by atoms with Crippen molar-refractivity contribution in [2.45, 2.75) is 32.0 Å². The van der Waals surface area contributed by atoms with E-state index in [-0.39, 0.29) is 13.0 Å². The topological polar surface area (TPSA) is 75.6 Å². The lowest BCUT2D eigenvalue weighted by Gasteiger charge is -2.18. The molecule has 1 aromatic carbocycles. The summed E-state index contributed by atoms with van der Waals surface area (Å²) in [7, 11) is 0. The fraction of sp³-hybridized carbons (Fsp3) is 0.333. The first-order chi connectivity index (χ1) is 9.54. The van der Waals surface area contributed by atoms with E-state index in [1.165, 1.54) is 6.08 Å². The van der Waals surface area contributed by atoms with Crippen LogP contribution in [0.3, 0.4) is 0 Å². The van der Waals surface area contributed by atoms with E-state index in [4.69, 9.17) is 9.84 Å². The number of ether oxygens (including phenoxy) is 1. The summed E-state index contributed by atoms with van der Waals surface area (Å²) in [6.07, 6.45) is 1.74. The number of nitrogens with one attached hydrogen (secondary N) is 1. The fourth-order valence-corrected chi connectivity index (χ4v) is 1.63. The van der Waals surface area contributed by atoms with Crippen LogP contribution in [-0.4, -0.2) is 29.1 Å². The van der Waals surface area contributed by atoms with Crippen molar-refractivity contribution in [1.29, 1.82) is 0 Å². The summed E-state index contributed by atoms with van der Waals surface area (Å²) in [5.41, 5.74) is 0.883. The van der Waals surface area contributed by atoms with Gasteiger partial charge in [-0.3, -0.25) is 14.9 Å². The van der Waals surface area contributed by atoms with E-state index in [0.717, 1.165) is 5.56 Å². The second kappa shape index (κ2) is 8.12. The van der Waals surface area contributed by atoms with Crippen molar-refractivity contribution in [3.05, 3.63) is 48.6 Å².